The molecule has 3 aromatic rings. The second kappa shape index (κ2) is 8.56. The third kappa shape index (κ3) is 4.14. The van der Waals surface area contributed by atoms with Crippen molar-refractivity contribution in [1.82, 2.24) is 24.7 Å². The van der Waals surface area contributed by atoms with Gasteiger partial charge in [-0.2, -0.15) is 4.52 Å². The van der Waals surface area contributed by atoms with Gasteiger partial charge in [-0.15, -0.1) is 15.3 Å². The quantitative estimate of drug-likeness (QED) is 0.635. The van der Waals surface area contributed by atoms with Crippen molar-refractivity contribution in [2.75, 3.05) is 38.2 Å². The smallest absolute Gasteiger partial charge is 0.263 e. The van der Waals surface area contributed by atoms with Crippen LogP contribution in [-0.2, 0) is 4.79 Å². The highest BCUT2D eigenvalue weighted by atomic mass is 16.5. The summed E-state index contributed by atoms with van der Waals surface area (Å²) in [5.41, 5.74) is 1.78. The van der Waals surface area contributed by atoms with Crippen molar-refractivity contribution < 1.29 is 14.3 Å². The Hall–Kier alpha value is -3.36. The van der Waals surface area contributed by atoms with Crippen molar-refractivity contribution in [3.8, 4) is 11.5 Å². The molecule has 0 bridgehead atoms. The first-order chi connectivity index (χ1) is 14.5. The Labute approximate surface area is 175 Å². The molecule has 1 fully saturated rings. The molecule has 1 unspecified atom stereocenters. The Morgan fingerprint density at radius 1 is 1.10 bits per heavy atom. The molecule has 4 rings (SSSR count). The Kier molecular flexibility index (Phi) is 5.69. The molecule has 1 atom stereocenters. The minimum Gasteiger partial charge on any atom is -0.493 e. The molecular weight excluding hydrogens is 384 g/mol. The molecule has 1 saturated heterocycles. The summed E-state index contributed by atoms with van der Waals surface area (Å²) in [7, 11) is 1.60. The van der Waals surface area contributed by atoms with Gasteiger partial charge in [-0.1, -0.05) is 6.07 Å². The predicted molar refractivity (Wildman–Crippen MR) is 112 cm³/mol. The number of ether oxygens (including phenoxy) is 2. The van der Waals surface area contributed by atoms with Crippen molar-refractivity contribution in [1.29, 1.82) is 0 Å². The number of methoxy groups -OCH3 is 1. The van der Waals surface area contributed by atoms with E-state index in [4.69, 9.17) is 9.47 Å². The number of nitrogens with zero attached hydrogens (tertiary/aromatic N) is 6. The van der Waals surface area contributed by atoms with Crippen LogP contribution in [0.2, 0.25) is 0 Å². The number of rotatable bonds is 5. The Bertz CT molecular complexity index is 1040. The maximum absolute atomic E-state index is 13.0. The number of anilines is 1. The summed E-state index contributed by atoms with van der Waals surface area (Å²) in [5, 5.41) is 12.4. The number of carbonyl (C=O) groups is 1. The molecular formula is C21H26N6O3. The van der Waals surface area contributed by atoms with Gasteiger partial charge in [0.15, 0.2) is 23.3 Å². The maximum Gasteiger partial charge on any atom is 0.263 e. The molecule has 0 aliphatic carbocycles. The standard InChI is InChI=1S/C21H26N6O3/c1-15-5-6-17(18(13-15)29-3)30-16(2)21(28)26-10-4-9-25(11-12-26)20-8-7-19-23-22-14-27(19)24-20/h5-8,13-14,16H,4,9-12H2,1-3H3. The van der Waals surface area contributed by atoms with Crippen LogP contribution in [0.1, 0.15) is 18.9 Å². The summed E-state index contributed by atoms with van der Waals surface area (Å²) in [5.74, 6) is 2.03. The second-order valence-corrected chi connectivity index (χ2v) is 7.41. The first kappa shape index (κ1) is 19.9. The predicted octanol–water partition coefficient (Wildman–Crippen LogP) is 1.95. The molecule has 0 spiro atoms. The third-order valence-corrected chi connectivity index (χ3v) is 5.25. The summed E-state index contributed by atoms with van der Waals surface area (Å²) in [4.78, 5) is 17.1. The highest BCUT2D eigenvalue weighted by Gasteiger charge is 2.26. The number of hydrogen-bond acceptors (Lipinski definition) is 7. The molecule has 158 valence electrons. The molecule has 9 nitrogen and oxygen atoms in total. The molecule has 0 saturated carbocycles. The minimum absolute atomic E-state index is 0.0262. The first-order valence-electron chi connectivity index (χ1n) is 10.1. The van der Waals surface area contributed by atoms with Gasteiger partial charge >= 0.3 is 0 Å². The fraction of sp³-hybridized carbons (Fsp3) is 0.429. The second-order valence-electron chi connectivity index (χ2n) is 7.41. The lowest BCUT2D eigenvalue weighted by Gasteiger charge is -2.25. The Morgan fingerprint density at radius 2 is 1.97 bits per heavy atom. The van der Waals surface area contributed by atoms with E-state index in [0.717, 1.165) is 24.3 Å². The lowest BCUT2D eigenvalue weighted by Crippen LogP contribution is -2.42. The normalized spacial score (nSPS) is 15.7. The molecule has 2 aromatic heterocycles. The number of fused-ring (bicyclic) bond motifs is 1. The number of amides is 1. The molecule has 1 aliphatic rings. The van der Waals surface area contributed by atoms with Gasteiger partial charge in [0.25, 0.3) is 5.91 Å². The van der Waals surface area contributed by atoms with Crippen molar-refractivity contribution >= 4 is 17.4 Å². The van der Waals surface area contributed by atoms with Crippen LogP contribution in [-0.4, -0.2) is 70.0 Å². The van der Waals surface area contributed by atoms with E-state index in [-0.39, 0.29) is 5.91 Å². The van der Waals surface area contributed by atoms with Crippen molar-refractivity contribution in [2.24, 2.45) is 0 Å². The van der Waals surface area contributed by atoms with Crippen LogP contribution in [0.3, 0.4) is 0 Å². The molecule has 30 heavy (non-hydrogen) atoms. The lowest BCUT2D eigenvalue weighted by atomic mass is 10.2. The Balaban J connectivity index is 1.40. The molecule has 9 heteroatoms. The van der Waals surface area contributed by atoms with Crippen LogP contribution in [0.25, 0.3) is 5.65 Å². The van der Waals surface area contributed by atoms with Gasteiger partial charge in [0.1, 0.15) is 12.1 Å². The van der Waals surface area contributed by atoms with E-state index >= 15 is 0 Å². The molecule has 0 N–H and O–H groups in total. The molecule has 3 heterocycles. The molecule has 1 aliphatic heterocycles. The molecule has 1 aromatic carbocycles. The van der Waals surface area contributed by atoms with Crippen LogP contribution >= 0.6 is 0 Å². The van der Waals surface area contributed by atoms with Gasteiger partial charge in [-0.25, -0.2) is 0 Å². The summed E-state index contributed by atoms with van der Waals surface area (Å²) in [6.07, 6.45) is 1.85. The van der Waals surface area contributed by atoms with Crippen molar-refractivity contribution in [2.45, 2.75) is 26.4 Å². The topological polar surface area (TPSA) is 85.1 Å². The summed E-state index contributed by atoms with van der Waals surface area (Å²) in [6, 6.07) is 9.52. The van der Waals surface area contributed by atoms with Gasteiger partial charge in [0.2, 0.25) is 0 Å². The zero-order valence-electron chi connectivity index (χ0n) is 17.5. The van der Waals surface area contributed by atoms with Gasteiger partial charge in [0.05, 0.1) is 7.11 Å². The highest BCUT2D eigenvalue weighted by molar-refractivity contribution is 5.81. The third-order valence-electron chi connectivity index (χ3n) is 5.25. The SMILES string of the molecule is COc1cc(C)ccc1OC(C)C(=O)N1CCCN(c2ccc3nncn3n2)CC1. The Morgan fingerprint density at radius 3 is 2.80 bits per heavy atom. The highest BCUT2D eigenvalue weighted by Crippen LogP contribution is 2.29. The van der Waals surface area contributed by atoms with Gasteiger partial charge < -0.3 is 19.3 Å². The molecule has 0 radical (unpaired) electrons. The number of benzene rings is 1. The average Bonchev–Trinajstić information content (AvgIpc) is 3.09. The van der Waals surface area contributed by atoms with Crippen LogP contribution in [0.15, 0.2) is 36.7 Å². The first-order valence-corrected chi connectivity index (χ1v) is 10.1. The summed E-state index contributed by atoms with van der Waals surface area (Å²) >= 11 is 0. The van der Waals surface area contributed by atoms with Crippen molar-refractivity contribution in [3.05, 3.63) is 42.2 Å². The summed E-state index contributed by atoms with van der Waals surface area (Å²) in [6.45, 7) is 6.59. The number of carbonyl (C=O) groups excluding carboxylic acids is 1. The largest absolute Gasteiger partial charge is 0.493 e. The van der Waals surface area contributed by atoms with E-state index in [1.54, 1.807) is 24.9 Å². The van der Waals surface area contributed by atoms with E-state index in [1.165, 1.54) is 0 Å². The average molecular weight is 410 g/mol. The van der Waals surface area contributed by atoms with Gasteiger partial charge in [-0.3, -0.25) is 4.79 Å². The van der Waals surface area contributed by atoms with Crippen molar-refractivity contribution in [3.63, 3.8) is 0 Å². The van der Waals surface area contributed by atoms with Crippen LogP contribution in [0.4, 0.5) is 5.82 Å². The van der Waals surface area contributed by atoms with Gasteiger partial charge in [-0.05, 0) is 50.1 Å². The minimum atomic E-state index is -0.598. The van der Waals surface area contributed by atoms with E-state index in [9.17, 15) is 4.79 Å². The van der Waals surface area contributed by atoms with E-state index in [0.29, 0.717) is 36.8 Å². The van der Waals surface area contributed by atoms with E-state index in [1.807, 2.05) is 42.2 Å². The van der Waals surface area contributed by atoms with Gasteiger partial charge in [0, 0.05) is 26.2 Å². The van der Waals surface area contributed by atoms with Crippen LogP contribution < -0.4 is 14.4 Å². The monoisotopic (exact) mass is 410 g/mol. The molecule has 1 amide bonds. The maximum atomic E-state index is 13.0. The van der Waals surface area contributed by atoms with Crippen LogP contribution in [0, 0.1) is 6.92 Å². The lowest BCUT2D eigenvalue weighted by molar-refractivity contribution is -0.137. The fourth-order valence-electron chi connectivity index (χ4n) is 3.62. The zero-order valence-corrected chi connectivity index (χ0v) is 17.5. The zero-order chi connectivity index (χ0) is 21.1. The number of aryl methyl sites for hydroxylation is 1. The fourth-order valence-corrected chi connectivity index (χ4v) is 3.62. The number of hydrogen-bond donors (Lipinski definition) is 0. The summed E-state index contributed by atoms with van der Waals surface area (Å²) < 4.78 is 13.0. The van der Waals surface area contributed by atoms with E-state index in [2.05, 4.69) is 20.2 Å². The number of aromatic nitrogens is 4. The van der Waals surface area contributed by atoms with E-state index < -0.39 is 6.10 Å². The van der Waals surface area contributed by atoms with Crippen LogP contribution in [0.5, 0.6) is 11.5 Å².